The zero-order valence-corrected chi connectivity index (χ0v) is 19.1. The van der Waals surface area contributed by atoms with Gasteiger partial charge in [0.25, 0.3) is 5.91 Å². The van der Waals surface area contributed by atoms with E-state index in [9.17, 15) is 4.79 Å². The van der Waals surface area contributed by atoms with E-state index in [1.54, 1.807) is 17.0 Å². The van der Waals surface area contributed by atoms with Gasteiger partial charge in [-0.15, -0.1) is 0 Å². The van der Waals surface area contributed by atoms with Gasteiger partial charge in [-0.2, -0.15) is 0 Å². The lowest BCUT2D eigenvalue weighted by Crippen LogP contribution is -2.35. The molecular weight excluding hydrogens is 434 g/mol. The van der Waals surface area contributed by atoms with Crippen LogP contribution in [0, 0.1) is 0 Å². The minimum atomic E-state index is -0.600. The van der Waals surface area contributed by atoms with Gasteiger partial charge in [-0.3, -0.25) is 14.7 Å². The third-order valence-electron chi connectivity index (χ3n) is 5.88. The SMILES string of the molecule is NC(N)=Nc1ccc(N2C(=O)C(Cc3ccccc3)N=C(c3ccccc3)c3ccccc32)cc1. The summed E-state index contributed by atoms with van der Waals surface area (Å²) in [6, 6.07) is 34.5. The minimum Gasteiger partial charge on any atom is -0.370 e. The number of fused-ring (bicyclic) bond motifs is 1. The molecule has 35 heavy (non-hydrogen) atoms. The van der Waals surface area contributed by atoms with E-state index >= 15 is 0 Å². The standard InChI is InChI=1S/C29H25N5O/c30-29(31)32-22-15-17-23(18-16-22)34-26-14-8-7-13-24(26)27(21-11-5-2-6-12-21)33-25(28(34)35)19-20-9-3-1-4-10-20/h1-18,25H,19H2,(H4,30,31,32). The fourth-order valence-corrected chi connectivity index (χ4v) is 4.31. The van der Waals surface area contributed by atoms with Crippen molar-refractivity contribution in [1.82, 2.24) is 0 Å². The molecule has 0 saturated carbocycles. The summed E-state index contributed by atoms with van der Waals surface area (Å²) in [6.07, 6.45) is 0.493. The molecule has 0 radical (unpaired) electrons. The van der Waals surface area contributed by atoms with Crippen LogP contribution in [0.25, 0.3) is 0 Å². The topological polar surface area (TPSA) is 97.1 Å². The first-order valence-electron chi connectivity index (χ1n) is 11.4. The molecule has 0 bridgehead atoms. The molecule has 6 nitrogen and oxygen atoms in total. The van der Waals surface area contributed by atoms with Crippen LogP contribution in [0.1, 0.15) is 16.7 Å². The van der Waals surface area contributed by atoms with E-state index in [1.165, 1.54) is 0 Å². The maximum absolute atomic E-state index is 14.1. The van der Waals surface area contributed by atoms with Crippen LogP contribution < -0.4 is 16.4 Å². The van der Waals surface area contributed by atoms with Crippen LogP contribution in [0.4, 0.5) is 17.1 Å². The third kappa shape index (κ3) is 4.68. The Morgan fingerprint density at radius 1 is 0.800 bits per heavy atom. The van der Waals surface area contributed by atoms with E-state index in [0.717, 1.165) is 33.8 Å². The molecule has 0 aromatic heterocycles. The normalized spacial score (nSPS) is 15.1. The number of aliphatic imine (C=N–C) groups is 2. The molecule has 1 aliphatic rings. The molecule has 4 aromatic carbocycles. The number of benzodiazepines with no additional fused rings is 1. The Morgan fingerprint density at radius 3 is 2.11 bits per heavy atom. The Bertz CT molecular complexity index is 1390. The largest absolute Gasteiger partial charge is 0.370 e. The zero-order valence-electron chi connectivity index (χ0n) is 19.1. The van der Waals surface area contributed by atoms with Crippen molar-refractivity contribution in [3.8, 4) is 0 Å². The van der Waals surface area contributed by atoms with Crippen molar-refractivity contribution >= 4 is 34.6 Å². The number of rotatable bonds is 5. The van der Waals surface area contributed by atoms with Crippen molar-refractivity contribution in [2.24, 2.45) is 21.5 Å². The summed E-state index contributed by atoms with van der Waals surface area (Å²) in [4.78, 5) is 25.0. The predicted octanol–water partition coefficient (Wildman–Crippen LogP) is 4.72. The first kappa shape index (κ1) is 22.1. The van der Waals surface area contributed by atoms with Crippen molar-refractivity contribution in [3.05, 3.63) is 126 Å². The molecule has 1 atom stereocenters. The first-order chi connectivity index (χ1) is 17.1. The number of carbonyl (C=O) groups is 1. The summed E-state index contributed by atoms with van der Waals surface area (Å²) in [6.45, 7) is 0. The smallest absolute Gasteiger partial charge is 0.256 e. The molecule has 0 fully saturated rings. The fourth-order valence-electron chi connectivity index (χ4n) is 4.31. The van der Waals surface area contributed by atoms with Crippen LogP contribution >= 0.6 is 0 Å². The van der Waals surface area contributed by atoms with Crippen LogP contribution in [-0.4, -0.2) is 23.6 Å². The van der Waals surface area contributed by atoms with Crippen LogP contribution in [0.3, 0.4) is 0 Å². The number of hydrogen-bond acceptors (Lipinski definition) is 3. The number of hydrogen-bond donors (Lipinski definition) is 2. The summed E-state index contributed by atoms with van der Waals surface area (Å²) in [5.74, 6) is -0.111. The lowest BCUT2D eigenvalue weighted by atomic mass is 10.00. The van der Waals surface area contributed by atoms with Crippen LogP contribution in [0.5, 0.6) is 0 Å². The van der Waals surface area contributed by atoms with Gasteiger partial charge in [0, 0.05) is 23.2 Å². The summed E-state index contributed by atoms with van der Waals surface area (Å²) < 4.78 is 0. The van der Waals surface area contributed by atoms with Gasteiger partial charge in [0.15, 0.2) is 5.96 Å². The monoisotopic (exact) mass is 459 g/mol. The number of anilines is 2. The number of amides is 1. The Labute approximate surface area is 204 Å². The number of benzene rings is 4. The van der Waals surface area contributed by atoms with Gasteiger partial charge >= 0.3 is 0 Å². The highest BCUT2D eigenvalue weighted by atomic mass is 16.2. The molecule has 1 amide bonds. The van der Waals surface area contributed by atoms with Gasteiger partial charge in [0.2, 0.25) is 0 Å². The molecule has 0 saturated heterocycles. The minimum absolute atomic E-state index is 0.0160. The van der Waals surface area contributed by atoms with E-state index in [4.69, 9.17) is 16.5 Å². The molecule has 1 unspecified atom stereocenters. The molecule has 5 rings (SSSR count). The van der Waals surface area contributed by atoms with E-state index in [2.05, 4.69) is 4.99 Å². The second kappa shape index (κ2) is 9.65. The zero-order chi connectivity index (χ0) is 24.2. The Morgan fingerprint density at radius 2 is 1.43 bits per heavy atom. The van der Waals surface area contributed by atoms with Gasteiger partial charge in [0.1, 0.15) is 6.04 Å². The van der Waals surface area contributed by atoms with Crippen molar-refractivity contribution in [3.63, 3.8) is 0 Å². The number of carbonyl (C=O) groups excluding carboxylic acids is 1. The van der Waals surface area contributed by atoms with Crippen molar-refractivity contribution in [2.45, 2.75) is 12.5 Å². The molecule has 0 spiro atoms. The highest BCUT2D eigenvalue weighted by Gasteiger charge is 2.33. The van der Waals surface area contributed by atoms with E-state index in [-0.39, 0.29) is 11.9 Å². The van der Waals surface area contributed by atoms with E-state index in [1.807, 2.05) is 97.1 Å². The van der Waals surface area contributed by atoms with Crippen molar-refractivity contribution < 1.29 is 4.79 Å². The number of guanidine groups is 1. The quantitative estimate of drug-likeness (QED) is 0.334. The average molecular weight is 460 g/mol. The van der Waals surface area contributed by atoms with Gasteiger partial charge < -0.3 is 11.5 Å². The Hall–Kier alpha value is -4.71. The predicted molar refractivity (Wildman–Crippen MR) is 142 cm³/mol. The maximum Gasteiger partial charge on any atom is 0.256 e. The van der Waals surface area contributed by atoms with Gasteiger partial charge in [-0.05, 0) is 35.9 Å². The van der Waals surface area contributed by atoms with Crippen LogP contribution in [0.15, 0.2) is 119 Å². The fraction of sp³-hybridized carbons (Fsp3) is 0.0690. The van der Waals surface area contributed by atoms with E-state index in [0.29, 0.717) is 12.1 Å². The highest BCUT2D eigenvalue weighted by molar-refractivity contribution is 6.21. The number of nitrogens with two attached hydrogens (primary N) is 2. The van der Waals surface area contributed by atoms with Gasteiger partial charge in [0.05, 0.1) is 17.1 Å². The summed E-state index contributed by atoms with van der Waals surface area (Å²) in [7, 11) is 0. The Balaban J connectivity index is 1.67. The first-order valence-corrected chi connectivity index (χ1v) is 11.4. The number of para-hydroxylation sites is 1. The Kier molecular flexibility index (Phi) is 6.09. The van der Waals surface area contributed by atoms with Crippen LogP contribution in [0.2, 0.25) is 0 Å². The lowest BCUT2D eigenvalue weighted by Gasteiger charge is -2.25. The van der Waals surface area contributed by atoms with Crippen LogP contribution in [-0.2, 0) is 11.2 Å². The molecule has 0 aliphatic carbocycles. The molecule has 4 N–H and O–H groups in total. The third-order valence-corrected chi connectivity index (χ3v) is 5.88. The lowest BCUT2D eigenvalue weighted by molar-refractivity contribution is -0.119. The average Bonchev–Trinajstić information content (AvgIpc) is 3.00. The molecular formula is C29H25N5O. The summed E-state index contributed by atoms with van der Waals surface area (Å²) in [5.41, 5.74) is 16.9. The van der Waals surface area contributed by atoms with Crippen molar-refractivity contribution in [2.75, 3.05) is 4.90 Å². The number of nitrogens with zero attached hydrogens (tertiary/aromatic N) is 3. The maximum atomic E-state index is 14.1. The second-order valence-corrected chi connectivity index (χ2v) is 8.29. The highest BCUT2D eigenvalue weighted by Crippen LogP contribution is 2.35. The van der Waals surface area contributed by atoms with Crippen molar-refractivity contribution in [1.29, 1.82) is 0 Å². The molecule has 1 heterocycles. The van der Waals surface area contributed by atoms with Gasteiger partial charge in [-0.25, -0.2) is 4.99 Å². The molecule has 172 valence electrons. The van der Waals surface area contributed by atoms with E-state index < -0.39 is 6.04 Å². The molecule has 6 heteroatoms. The summed E-state index contributed by atoms with van der Waals surface area (Å²) in [5, 5.41) is 0. The molecule has 1 aliphatic heterocycles. The summed E-state index contributed by atoms with van der Waals surface area (Å²) >= 11 is 0. The second-order valence-electron chi connectivity index (χ2n) is 8.29. The van der Waals surface area contributed by atoms with Gasteiger partial charge in [-0.1, -0.05) is 78.9 Å². The molecule has 4 aromatic rings.